The Kier molecular flexibility index (Phi) is 3.24. The first-order valence-electron chi connectivity index (χ1n) is 7.05. The molecule has 0 bridgehead atoms. The largest absolute Gasteiger partial charge is 0.350 e. The van der Waals surface area contributed by atoms with Crippen molar-refractivity contribution in [3.63, 3.8) is 0 Å². The number of hydrogen-bond acceptors (Lipinski definition) is 4. The van der Waals surface area contributed by atoms with Gasteiger partial charge in [-0.25, -0.2) is 9.97 Å². The standard InChI is InChI=1S/C16H12ClN5O/c17-10-5-6-14-19-11(9-22(14)8-10)7-18-16-20-13-4-2-1-3-12(13)15(23)21-16/h1-6,8-9H,7H2,(H2,18,20,21,23). The van der Waals surface area contributed by atoms with E-state index in [1.54, 1.807) is 18.3 Å². The van der Waals surface area contributed by atoms with E-state index in [-0.39, 0.29) is 5.56 Å². The number of aromatic amines is 1. The lowest BCUT2D eigenvalue weighted by molar-refractivity contribution is 1.02. The van der Waals surface area contributed by atoms with Gasteiger partial charge in [-0.2, -0.15) is 0 Å². The molecule has 4 rings (SSSR count). The number of anilines is 1. The Morgan fingerprint density at radius 2 is 2.00 bits per heavy atom. The van der Waals surface area contributed by atoms with Crippen LogP contribution in [0.15, 0.2) is 53.6 Å². The summed E-state index contributed by atoms with van der Waals surface area (Å²) < 4.78 is 1.86. The van der Waals surface area contributed by atoms with Gasteiger partial charge in [-0.1, -0.05) is 23.7 Å². The quantitative estimate of drug-likeness (QED) is 0.607. The molecule has 114 valence electrons. The number of pyridine rings is 1. The predicted octanol–water partition coefficient (Wildman–Crippen LogP) is 2.84. The van der Waals surface area contributed by atoms with E-state index in [1.807, 2.05) is 34.9 Å². The predicted molar refractivity (Wildman–Crippen MR) is 89.9 cm³/mol. The molecule has 0 aliphatic rings. The molecule has 4 aromatic rings. The summed E-state index contributed by atoms with van der Waals surface area (Å²) >= 11 is 5.96. The van der Waals surface area contributed by atoms with E-state index in [0.29, 0.717) is 28.4 Å². The van der Waals surface area contributed by atoms with Crippen LogP contribution < -0.4 is 10.9 Å². The summed E-state index contributed by atoms with van der Waals surface area (Å²) in [5, 5.41) is 4.31. The van der Waals surface area contributed by atoms with Gasteiger partial charge in [0.1, 0.15) is 5.65 Å². The van der Waals surface area contributed by atoms with Gasteiger partial charge in [0.25, 0.3) is 5.56 Å². The molecular formula is C16H12ClN5O. The molecule has 0 fully saturated rings. The molecule has 7 heteroatoms. The summed E-state index contributed by atoms with van der Waals surface area (Å²) in [7, 11) is 0. The van der Waals surface area contributed by atoms with Gasteiger partial charge in [0.15, 0.2) is 0 Å². The maximum absolute atomic E-state index is 12.0. The number of nitrogens with one attached hydrogen (secondary N) is 2. The Morgan fingerprint density at radius 3 is 2.91 bits per heavy atom. The van der Waals surface area contributed by atoms with Gasteiger partial charge >= 0.3 is 0 Å². The number of imidazole rings is 1. The number of halogens is 1. The highest BCUT2D eigenvalue weighted by Crippen LogP contribution is 2.13. The summed E-state index contributed by atoms with van der Waals surface area (Å²) in [6.45, 7) is 0.445. The van der Waals surface area contributed by atoms with E-state index in [2.05, 4.69) is 20.3 Å². The van der Waals surface area contributed by atoms with Gasteiger partial charge in [-0.05, 0) is 24.3 Å². The van der Waals surface area contributed by atoms with Crippen LogP contribution in [0, 0.1) is 0 Å². The Morgan fingerprint density at radius 1 is 1.13 bits per heavy atom. The molecule has 0 unspecified atom stereocenters. The van der Waals surface area contributed by atoms with Crippen LogP contribution in [-0.4, -0.2) is 19.4 Å². The molecule has 23 heavy (non-hydrogen) atoms. The average molecular weight is 326 g/mol. The van der Waals surface area contributed by atoms with Crippen LogP contribution in [-0.2, 0) is 6.54 Å². The fourth-order valence-electron chi connectivity index (χ4n) is 2.45. The van der Waals surface area contributed by atoms with E-state index in [1.165, 1.54) is 0 Å². The molecule has 0 radical (unpaired) electrons. The topological polar surface area (TPSA) is 75.1 Å². The lowest BCUT2D eigenvalue weighted by atomic mass is 10.2. The molecule has 2 N–H and O–H groups in total. The van der Waals surface area contributed by atoms with Crippen molar-refractivity contribution in [2.45, 2.75) is 6.54 Å². The normalized spacial score (nSPS) is 11.2. The minimum Gasteiger partial charge on any atom is -0.350 e. The highest BCUT2D eigenvalue weighted by molar-refractivity contribution is 6.30. The van der Waals surface area contributed by atoms with Gasteiger partial charge in [0.05, 0.1) is 28.2 Å². The third kappa shape index (κ3) is 2.64. The van der Waals surface area contributed by atoms with Crippen LogP contribution >= 0.6 is 11.6 Å². The lowest BCUT2D eigenvalue weighted by Gasteiger charge is -2.04. The summed E-state index contributed by atoms with van der Waals surface area (Å²) in [6.07, 6.45) is 3.68. The highest BCUT2D eigenvalue weighted by Gasteiger charge is 2.05. The number of para-hydroxylation sites is 1. The maximum atomic E-state index is 12.0. The Balaban J connectivity index is 1.61. The number of rotatable bonds is 3. The van der Waals surface area contributed by atoms with E-state index in [4.69, 9.17) is 11.6 Å². The Hall–Kier alpha value is -2.86. The van der Waals surface area contributed by atoms with Crippen molar-refractivity contribution in [3.8, 4) is 0 Å². The molecule has 0 aliphatic heterocycles. The molecule has 0 spiro atoms. The van der Waals surface area contributed by atoms with Crippen molar-refractivity contribution < 1.29 is 0 Å². The number of fused-ring (bicyclic) bond motifs is 2. The molecule has 6 nitrogen and oxygen atoms in total. The Bertz CT molecular complexity index is 1070. The van der Waals surface area contributed by atoms with Crippen molar-refractivity contribution in [3.05, 3.63) is 69.9 Å². The van der Waals surface area contributed by atoms with Gasteiger partial charge < -0.3 is 9.72 Å². The summed E-state index contributed by atoms with van der Waals surface area (Å²) in [5.74, 6) is 0.420. The molecule has 0 saturated heterocycles. The molecule has 0 aliphatic carbocycles. The van der Waals surface area contributed by atoms with Crippen molar-refractivity contribution >= 4 is 34.1 Å². The van der Waals surface area contributed by atoms with Gasteiger partial charge in [0, 0.05) is 12.4 Å². The van der Waals surface area contributed by atoms with E-state index in [9.17, 15) is 4.79 Å². The van der Waals surface area contributed by atoms with Crippen LogP contribution in [0.4, 0.5) is 5.95 Å². The molecule has 3 aromatic heterocycles. The number of nitrogens with zero attached hydrogens (tertiary/aromatic N) is 3. The van der Waals surface area contributed by atoms with Crippen LogP contribution in [0.2, 0.25) is 5.02 Å². The molecule has 0 saturated carbocycles. The minimum absolute atomic E-state index is 0.167. The van der Waals surface area contributed by atoms with Gasteiger partial charge in [-0.3, -0.25) is 9.78 Å². The van der Waals surface area contributed by atoms with Crippen molar-refractivity contribution in [1.29, 1.82) is 0 Å². The van der Waals surface area contributed by atoms with Crippen molar-refractivity contribution in [1.82, 2.24) is 19.4 Å². The fraction of sp³-hybridized carbons (Fsp3) is 0.0625. The van der Waals surface area contributed by atoms with E-state index >= 15 is 0 Å². The first-order chi connectivity index (χ1) is 11.2. The summed E-state index contributed by atoms with van der Waals surface area (Å²) in [4.78, 5) is 23.6. The number of H-pyrrole nitrogens is 1. The molecule has 1 aromatic carbocycles. The average Bonchev–Trinajstić information content (AvgIpc) is 2.95. The first kappa shape index (κ1) is 13.8. The number of hydrogen-bond donors (Lipinski definition) is 2. The second kappa shape index (κ2) is 5.40. The molecule has 3 heterocycles. The van der Waals surface area contributed by atoms with Crippen molar-refractivity contribution in [2.24, 2.45) is 0 Å². The lowest BCUT2D eigenvalue weighted by Crippen LogP contribution is -2.13. The second-order valence-corrected chi connectivity index (χ2v) is 5.57. The molecule has 0 atom stereocenters. The highest BCUT2D eigenvalue weighted by atomic mass is 35.5. The monoisotopic (exact) mass is 325 g/mol. The second-order valence-electron chi connectivity index (χ2n) is 5.13. The zero-order valence-electron chi connectivity index (χ0n) is 12.0. The van der Waals surface area contributed by atoms with Crippen LogP contribution in [0.25, 0.3) is 16.6 Å². The van der Waals surface area contributed by atoms with Crippen molar-refractivity contribution in [2.75, 3.05) is 5.32 Å². The van der Waals surface area contributed by atoms with Gasteiger partial charge in [0.2, 0.25) is 5.95 Å². The van der Waals surface area contributed by atoms with Crippen LogP contribution in [0.1, 0.15) is 5.69 Å². The van der Waals surface area contributed by atoms with Crippen LogP contribution in [0.3, 0.4) is 0 Å². The van der Waals surface area contributed by atoms with E-state index in [0.717, 1.165) is 11.3 Å². The summed E-state index contributed by atoms with van der Waals surface area (Å²) in [6, 6.07) is 10.9. The third-order valence-electron chi connectivity index (χ3n) is 3.51. The van der Waals surface area contributed by atoms with Crippen LogP contribution in [0.5, 0.6) is 0 Å². The third-order valence-corrected chi connectivity index (χ3v) is 3.74. The minimum atomic E-state index is -0.167. The fourth-order valence-corrected chi connectivity index (χ4v) is 2.61. The molecule has 0 amide bonds. The number of aromatic nitrogens is 4. The maximum Gasteiger partial charge on any atom is 0.260 e. The Labute approximate surface area is 135 Å². The smallest absolute Gasteiger partial charge is 0.260 e. The zero-order valence-corrected chi connectivity index (χ0v) is 12.7. The number of benzene rings is 1. The SMILES string of the molecule is O=c1[nH]c(NCc2cn3cc(Cl)ccc3n2)nc2ccccc12. The first-order valence-corrected chi connectivity index (χ1v) is 7.43. The van der Waals surface area contributed by atoms with Gasteiger partial charge in [-0.15, -0.1) is 0 Å². The summed E-state index contributed by atoms with van der Waals surface area (Å²) in [5.41, 5.74) is 2.12. The van der Waals surface area contributed by atoms with E-state index < -0.39 is 0 Å². The zero-order chi connectivity index (χ0) is 15.8. The molecular weight excluding hydrogens is 314 g/mol.